The van der Waals surface area contributed by atoms with Gasteiger partial charge >= 0.3 is 0 Å². The van der Waals surface area contributed by atoms with Gasteiger partial charge in [0.05, 0.1) is 11.7 Å². The molecule has 2 aliphatic rings. The lowest BCUT2D eigenvalue weighted by molar-refractivity contribution is -0.121. The van der Waals surface area contributed by atoms with Gasteiger partial charge in [0, 0.05) is 5.56 Å². The largest absolute Gasteiger partial charge is 0.482 e. The molecule has 0 aromatic heterocycles. The van der Waals surface area contributed by atoms with Gasteiger partial charge in [0.2, 0.25) is 0 Å². The van der Waals surface area contributed by atoms with E-state index in [1.54, 1.807) is 0 Å². The molecule has 0 spiro atoms. The van der Waals surface area contributed by atoms with Gasteiger partial charge in [0.15, 0.2) is 6.61 Å². The summed E-state index contributed by atoms with van der Waals surface area (Å²) in [5, 5.41) is 0. The Morgan fingerprint density at radius 2 is 2.35 bits per heavy atom. The van der Waals surface area contributed by atoms with Crippen LogP contribution < -0.4 is 9.64 Å². The second kappa shape index (κ2) is 5.53. The fourth-order valence-electron chi connectivity index (χ4n) is 2.69. The van der Waals surface area contributed by atoms with Crippen molar-refractivity contribution in [3.05, 3.63) is 42.0 Å². The highest BCUT2D eigenvalue weighted by molar-refractivity contribution is 6.02. The van der Waals surface area contributed by atoms with E-state index in [1.165, 1.54) is 12.8 Å². The lowest BCUT2D eigenvalue weighted by Crippen LogP contribution is -2.45. The molecule has 1 amide bonds. The first-order valence-corrected chi connectivity index (χ1v) is 7.24. The van der Waals surface area contributed by atoms with Crippen molar-refractivity contribution in [2.45, 2.75) is 32.2 Å². The Balaban J connectivity index is 1.91. The van der Waals surface area contributed by atoms with Gasteiger partial charge in [-0.2, -0.15) is 0 Å². The molecule has 1 unspecified atom stereocenters. The minimum Gasteiger partial charge on any atom is -0.482 e. The van der Waals surface area contributed by atoms with Crippen molar-refractivity contribution < 1.29 is 9.53 Å². The molecule has 104 valence electrons. The number of carbonyl (C=O) groups excluding carboxylic acids is 1. The van der Waals surface area contributed by atoms with E-state index in [0.717, 1.165) is 23.4 Å². The quantitative estimate of drug-likeness (QED) is 0.618. The van der Waals surface area contributed by atoms with E-state index in [1.807, 2.05) is 23.1 Å². The monoisotopic (exact) mass is 269 g/mol. The molecule has 0 bridgehead atoms. The van der Waals surface area contributed by atoms with Crippen molar-refractivity contribution in [3.63, 3.8) is 0 Å². The number of hydrogen-bond acceptors (Lipinski definition) is 2. The molecular formula is C17H19NO2. The summed E-state index contributed by atoms with van der Waals surface area (Å²) in [7, 11) is 0. The van der Waals surface area contributed by atoms with E-state index in [0.29, 0.717) is 0 Å². The number of ether oxygens (including phenoxy) is 1. The summed E-state index contributed by atoms with van der Waals surface area (Å²) in [5.41, 5.74) is 1.96. The van der Waals surface area contributed by atoms with Crippen LogP contribution in [-0.2, 0) is 4.79 Å². The second-order valence-corrected chi connectivity index (χ2v) is 5.17. The molecule has 3 nitrogen and oxygen atoms in total. The molecule has 1 aromatic carbocycles. The van der Waals surface area contributed by atoms with Gasteiger partial charge in [-0.15, -0.1) is 0 Å². The lowest BCUT2D eigenvalue weighted by Gasteiger charge is -2.36. The second-order valence-electron chi connectivity index (χ2n) is 5.17. The van der Waals surface area contributed by atoms with Crippen molar-refractivity contribution in [1.29, 1.82) is 0 Å². The molecule has 0 saturated heterocycles. The van der Waals surface area contributed by atoms with Gasteiger partial charge in [0.25, 0.3) is 5.91 Å². The van der Waals surface area contributed by atoms with Crippen LogP contribution in [-0.4, -0.2) is 18.6 Å². The fraction of sp³-hybridized carbons (Fsp3) is 0.353. The first-order chi connectivity index (χ1) is 9.81. The average Bonchev–Trinajstić information content (AvgIpc) is 2.48. The summed E-state index contributed by atoms with van der Waals surface area (Å²) in [6, 6.07) is 5.91. The minimum absolute atomic E-state index is 0.0110. The van der Waals surface area contributed by atoms with Gasteiger partial charge in [-0.05, 0) is 12.5 Å². The summed E-state index contributed by atoms with van der Waals surface area (Å²) in [6.45, 7) is 2.31. The molecule has 0 radical (unpaired) electrons. The van der Waals surface area contributed by atoms with E-state index in [4.69, 9.17) is 4.74 Å². The summed E-state index contributed by atoms with van der Waals surface area (Å²) < 4.78 is 5.52. The normalized spacial score (nSPS) is 20.1. The molecule has 3 rings (SSSR count). The number of hydrogen-bond donors (Lipinski definition) is 0. The third-order valence-electron chi connectivity index (χ3n) is 3.72. The topological polar surface area (TPSA) is 29.5 Å². The highest BCUT2D eigenvalue weighted by Crippen LogP contribution is 2.40. The summed E-state index contributed by atoms with van der Waals surface area (Å²) >= 11 is 0. The average molecular weight is 269 g/mol. The first-order valence-electron chi connectivity index (χ1n) is 7.24. The maximum atomic E-state index is 12.2. The van der Waals surface area contributed by atoms with Crippen molar-refractivity contribution in [1.82, 2.24) is 0 Å². The zero-order valence-corrected chi connectivity index (χ0v) is 11.7. The van der Waals surface area contributed by atoms with E-state index in [-0.39, 0.29) is 18.6 Å². The zero-order chi connectivity index (χ0) is 13.9. The van der Waals surface area contributed by atoms with Crippen LogP contribution >= 0.6 is 0 Å². The maximum Gasteiger partial charge on any atom is 0.265 e. The third kappa shape index (κ3) is 2.24. The van der Waals surface area contributed by atoms with E-state index in [2.05, 4.69) is 31.2 Å². The Bertz CT molecular complexity index is 574. The van der Waals surface area contributed by atoms with Gasteiger partial charge in [0.1, 0.15) is 5.75 Å². The van der Waals surface area contributed by atoms with Crippen molar-refractivity contribution in [3.8, 4) is 5.75 Å². The molecule has 0 fully saturated rings. The van der Waals surface area contributed by atoms with E-state index >= 15 is 0 Å². The molecule has 1 aromatic rings. The predicted octanol–water partition coefficient (Wildman–Crippen LogP) is 3.55. The first kappa shape index (κ1) is 13.0. The van der Waals surface area contributed by atoms with Crippen molar-refractivity contribution in [2.75, 3.05) is 11.5 Å². The maximum absolute atomic E-state index is 12.2. The Morgan fingerprint density at radius 3 is 3.20 bits per heavy atom. The van der Waals surface area contributed by atoms with Crippen LogP contribution in [0.5, 0.6) is 5.75 Å². The van der Waals surface area contributed by atoms with E-state index < -0.39 is 0 Å². The van der Waals surface area contributed by atoms with Crippen LogP contribution in [0.2, 0.25) is 0 Å². The SMILES string of the molecule is CCCC/C=C/C1C=Cc2cccc3c2N1C(=O)CO3. The van der Waals surface area contributed by atoms with Gasteiger partial charge in [-0.3, -0.25) is 9.69 Å². The summed E-state index contributed by atoms with van der Waals surface area (Å²) in [5.74, 6) is 0.831. The zero-order valence-electron chi connectivity index (χ0n) is 11.7. The van der Waals surface area contributed by atoms with Crippen LogP contribution in [0.15, 0.2) is 36.4 Å². The number of nitrogens with zero attached hydrogens (tertiary/aromatic N) is 1. The molecule has 2 aliphatic heterocycles. The predicted molar refractivity (Wildman–Crippen MR) is 80.9 cm³/mol. The van der Waals surface area contributed by atoms with Crippen LogP contribution in [0.4, 0.5) is 5.69 Å². The Hall–Kier alpha value is -2.03. The lowest BCUT2D eigenvalue weighted by atomic mass is 10.00. The smallest absolute Gasteiger partial charge is 0.265 e. The summed E-state index contributed by atoms with van der Waals surface area (Å²) in [6.07, 6.45) is 11.9. The Labute approximate surface area is 119 Å². The molecule has 3 heteroatoms. The molecule has 0 N–H and O–H groups in total. The number of rotatable bonds is 4. The minimum atomic E-state index is 0.0110. The number of para-hydroxylation sites is 1. The number of allylic oxidation sites excluding steroid dienone is 1. The number of unbranched alkanes of at least 4 members (excludes halogenated alkanes) is 2. The van der Waals surface area contributed by atoms with Crippen LogP contribution in [0.3, 0.4) is 0 Å². The highest BCUT2D eigenvalue weighted by atomic mass is 16.5. The molecule has 1 atom stereocenters. The molecule has 0 saturated carbocycles. The number of benzene rings is 1. The standard InChI is InChI=1S/C17H19NO2/c1-2-3-4-5-8-14-11-10-13-7-6-9-15-17(13)18(14)16(19)12-20-15/h5-11,14H,2-4,12H2,1H3/b8-5+. The van der Waals surface area contributed by atoms with Crippen LogP contribution in [0.25, 0.3) is 6.08 Å². The van der Waals surface area contributed by atoms with Gasteiger partial charge in [-0.25, -0.2) is 0 Å². The molecule has 20 heavy (non-hydrogen) atoms. The van der Waals surface area contributed by atoms with E-state index in [9.17, 15) is 4.79 Å². The highest BCUT2D eigenvalue weighted by Gasteiger charge is 2.33. The fourth-order valence-corrected chi connectivity index (χ4v) is 2.69. The van der Waals surface area contributed by atoms with Gasteiger partial charge < -0.3 is 4.74 Å². The Kier molecular flexibility index (Phi) is 3.59. The molecule has 0 aliphatic carbocycles. The summed E-state index contributed by atoms with van der Waals surface area (Å²) in [4.78, 5) is 14.1. The van der Waals surface area contributed by atoms with Crippen LogP contribution in [0.1, 0.15) is 31.7 Å². The molecular weight excluding hydrogens is 250 g/mol. The van der Waals surface area contributed by atoms with Crippen molar-refractivity contribution in [2.24, 2.45) is 0 Å². The number of carbonyl (C=O) groups is 1. The van der Waals surface area contributed by atoms with Crippen molar-refractivity contribution >= 4 is 17.7 Å². The van der Waals surface area contributed by atoms with Crippen LogP contribution in [0, 0.1) is 0 Å². The number of anilines is 1. The number of amides is 1. The third-order valence-corrected chi connectivity index (χ3v) is 3.72. The van der Waals surface area contributed by atoms with Gasteiger partial charge in [-0.1, -0.05) is 56.2 Å². The molecule has 2 heterocycles. The Morgan fingerprint density at radius 1 is 1.45 bits per heavy atom.